The van der Waals surface area contributed by atoms with Crippen LogP contribution in [0.1, 0.15) is 21.7 Å². The Balaban J connectivity index is 2.01. The fourth-order valence-corrected chi connectivity index (χ4v) is 1.72. The lowest BCUT2D eigenvalue weighted by atomic mass is 10.1. The minimum atomic E-state index is -0.447. The molecule has 0 aliphatic heterocycles. The molecule has 0 unspecified atom stereocenters. The van der Waals surface area contributed by atoms with Gasteiger partial charge >= 0.3 is 0 Å². The number of carbonyl (C=O) groups is 1. The van der Waals surface area contributed by atoms with Gasteiger partial charge in [-0.25, -0.2) is 4.39 Å². The van der Waals surface area contributed by atoms with Gasteiger partial charge in [0.05, 0.1) is 12.2 Å². The van der Waals surface area contributed by atoms with Crippen LogP contribution < -0.4 is 11.1 Å². The second-order valence-corrected chi connectivity index (χ2v) is 4.20. The molecule has 2 heterocycles. The first-order valence-electron chi connectivity index (χ1n) is 6.23. The highest BCUT2D eigenvalue weighted by atomic mass is 19.1. The predicted octanol–water partition coefficient (Wildman–Crippen LogP) is 1.05. The molecule has 0 spiro atoms. The molecule has 0 aliphatic carbocycles. The lowest BCUT2D eigenvalue weighted by Gasteiger charge is -2.06. The van der Waals surface area contributed by atoms with Crippen LogP contribution in [0.3, 0.4) is 0 Å². The minimum Gasteiger partial charge on any atom is -0.345 e. The Morgan fingerprint density at radius 3 is 2.90 bits per heavy atom. The lowest BCUT2D eigenvalue weighted by Crippen LogP contribution is -2.25. The van der Waals surface area contributed by atoms with Crippen LogP contribution in [0.2, 0.25) is 0 Å². The molecule has 0 atom stereocenters. The number of pyridine rings is 2. The van der Waals surface area contributed by atoms with E-state index in [1.165, 1.54) is 18.3 Å². The largest absolute Gasteiger partial charge is 0.345 e. The Bertz CT molecular complexity index is 603. The van der Waals surface area contributed by atoms with E-state index in [0.717, 1.165) is 5.56 Å². The number of nitrogens with zero attached hydrogens (tertiary/aromatic N) is 2. The molecule has 0 bridgehead atoms. The van der Waals surface area contributed by atoms with Gasteiger partial charge < -0.3 is 11.1 Å². The maximum atomic E-state index is 13.4. The van der Waals surface area contributed by atoms with Crippen molar-refractivity contribution >= 4 is 5.91 Å². The van der Waals surface area contributed by atoms with Gasteiger partial charge in [0.2, 0.25) is 0 Å². The molecule has 0 radical (unpaired) electrons. The predicted molar refractivity (Wildman–Crippen MR) is 72.4 cm³/mol. The summed E-state index contributed by atoms with van der Waals surface area (Å²) in [5.41, 5.74) is 6.89. The van der Waals surface area contributed by atoms with Gasteiger partial charge in [0, 0.05) is 12.4 Å². The average Bonchev–Trinajstić information content (AvgIpc) is 2.47. The highest BCUT2D eigenvalue weighted by molar-refractivity contribution is 5.92. The molecule has 5 nitrogen and oxygen atoms in total. The van der Waals surface area contributed by atoms with E-state index >= 15 is 0 Å². The van der Waals surface area contributed by atoms with Gasteiger partial charge in [0.15, 0.2) is 0 Å². The number of carbonyl (C=O) groups excluding carboxylic acids is 1. The molecule has 2 aromatic rings. The van der Waals surface area contributed by atoms with Gasteiger partial charge in [-0.3, -0.25) is 14.8 Å². The van der Waals surface area contributed by atoms with E-state index in [1.807, 2.05) is 6.07 Å². The van der Waals surface area contributed by atoms with Crippen LogP contribution in [0, 0.1) is 5.82 Å². The van der Waals surface area contributed by atoms with Crippen molar-refractivity contribution in [3.63, 3.8) is 0 Å². The van der Waals surface area contributed by atoms with Crippen molar-refractivity contribution in [1.29, 1.82) is 0 Å². The number of halogens is 1. The molecule has 104 valence electrons. The number of hydrogen-bond donors (Lipinski definition) is 2. The second-order valence-electron chi connectivity index (χ2n) is 4.20. The summed E-state index contributed by atoms with van der Waals surface area (Å²) in [6.45, 7) is 0.526. The second kappa shape index (κ2) is 6.72. The fourth-order valence-electron chi connectivity index (χ4n) is 1.72. The molecule has 0 fully saturated rings. The lowest BCUT2D eigenvalue weighted by molar-refractivity contribution is 0.0945. The molecule has 0 saturated heterocycles. The maximum absolute atomic E-state index is 13.4. The number of hydrogen-bond acceptors (Lipinski definition) is 4. The van der Waals surface area contributed by atoms with Gasteiger partial charge in [-0.1, -0.05) is 0 Å². The van der Waals surface area contributed by atoms with Crippen LogP contribution in [-0.4, -0.2) is 22.4 Å². The fraction of sp³-hybridized carbons (Fsp3) is 0.214. The molecule has 6 heteroatoms. The van der Waals surface area contributed by atoms with Crippen molar-refractivity contribution in [2.24, 2.45) is 5.73 Å². The molecule has 20 heavy (non-hydrogen) atoms. The first-order valence-corrected chi connectivity index (χ1v) is 6.23. The summed E-state index contributed by atoms with van der Waals surface area (Å²) in [6, 6.07) is 6.28. The molecular weight excluding hydrogens is 259 g/mol. The Labute approximate surface area is 116 Å². The summed E-state index contributed by atoms with van der Waals surface area (Å²) >= 11 is 0. The summed E-state index contributed by atoms with van der Waals surface area (Å²) in [5, 5.41) is 2.59. The highest BCUT2D eigenvalue weighted by Crippen LogP contribution is 2.04. The normalized spacial score (nSPS) is 10.3. The number of amides is 1. The van der Waals surface area contributed by atoms with E-state index in [-0.39, 0.29) is 23.8 Å². The third kappa shape index (κ3) is 3.58. The SMILES string of the molecule is NCCc1ccnc(C(=O)NCc2ncccc2F)c1. The molecule has 0 aromatic carbocycles. The number of nitrogens with one attached hydrogen (secondary N) is 1. The standard InChI is InChI=1S/C14H15FN4O/c15-11-2-1-6-17-13(11)9-19-14(20)12-8-10(3-5-16)4-7-18-12/h1-2,4,6-8H,3,5,9,16H2,(H,19,20). The summed E-state index contributed by atoms with van der Waals surface area (Å²) in [5.74, 6) is -0.813. The van der Waals surface area contributed by atoms with E-state index in [4.69, 9.17) is 5.73 Å². The zero-order valence-corrected chi connectivity index (χ0v) is 10.8. The van der Waals surface area contributed by atoms with E-state index in [2.05, 4.69) is 15.3 Å². The maximum Gasteiger partial charge on any atom is 0.270 e. The molecule has 1 amide bonds. The Kier molecular flexibility index (Phi) is 4.73. The van der Waals surface area contributed by atoms with Crippen molar-refractivity contribution in [1.82, 2.24) is 15.3 Å². The summed E-state index contributed by atoms with van der Waals surface area (Å²) in [6.07, 6.45) is 3.71. The van der Waals surface area contributed by atoms with Gasteiger partial charge in [0.1, 0.15) is 11.5 Å². The first kappa shape index (κ1) is 14.1. The van der Waals surface area contributed by atoms with Crippen molar-refractivity contribution in [2.45, 2.75) is 13.0 Å². The van der Waals surface area contributed by atoms with Crippen LogP contribution in [0.25, 0.3) is 0 Å². The van der Waals surface area contributed by atoms with Gasteiger partial charge in [-0.05, 0) is 42.8 Å². The molecule has 0 saturated carbocycles. The van der Waals surface area contributed by atoms with Crippen molar-refractivity contribution < 1.29 is 9.18 Å². The van der Waals surface area contributed by atoms with Crippen LogP contribution in [0.15, 0.2) is 36.7 Å². The third-order valence-electron chi connectivity index (χ3n) is 2.74. The van der Waals surface area contributed by atoms with Gasteiger partial charge in [-0.15, -0.1) is 0 Å². The Morgan fingerprint density at radius 2 is 2.15 bits per heavy atom. The molecule has 0 aliphatic rings. The highest BCUT2D eigenvalue weighted by Gasteiger charge is 2.09. The average molecular weight is 274 g/mol. The van der Waals surface area contributed by atoms with Crippen LogP contribution in [-0.2, 0) is 13.0 Å². The topological polar surface area (TPSA) is 80.9 Å². The van der Waals surface area contributed by atoms with Crippen molar-refractivity contribution in [2.75, 3.05) is 6.54 Å². The zero-order chi connectivity index (χ0) is 14.4. The zero-order valence-electron chi connectivity index (χ0n) is 10.8. The van der Waals surface area contributed by atoms with E-state index in [9.17, 15) is 9.18 Å². The summed E-state index contributed by atoms with van der Waals surface area (Å²) in [7, 11) is 0. The molecule has 2 rings (SSSR count). The first-order chi connectivity index (χ1) is 9.70. The third-order valence-corrected chi connectivity index (χ3v) is 2.74. The van der Waals surface area contributed by atoms with Gasteiger partial charge in [-0.2, -0.15) is 0 Å². The summed E-state index contributed by atoms with van der Waals surface area (Å²) < 4.78 is 13.4. The number of aromatic nitrogens is 2. The molecular formula is C14H15FN4O. The smallest absolute Gasteiger partial charge is 0.270 e. The monoisotopic (exact) mass is 274 g/mol. The van der Waals surface area contributed by atoms with Crippen LogP contribution in [0.4, 0.5) is 4.39 Å². The van der Waals surface area contributed by atoms with E-state index in [0.29, 0.717) is 13.0 Å². The molecule has 2 aromatic heterocycles. The molecule has 3 N–H and O–H groups in total. The minimum absolute atomic E-state index is 0.0221. The number of nitrogens with two attached hydrogens (primary N) is 1. The van der Waals surface area contributed by atoms with Gasteiger partial charge in [0.25, 0.3) is 5.91 Å². The summed E-state index contributed by atoms with van der Waals surface area (Å²) in [4.78, 5) is 19.8. The van der Waals surface area contributed by atoms with E-state index < -0.39 is 5.82 Å². The quantitative estimate of drug-likeness (QED) is 0.854. The van der Waals surface area contributed by atoms with Crippen LogP contribution >= 0.6 is 0 Å². The Morgan fingerprint density at radius 1 is 1.30 bits per heavy atom. The van der Waals surface area contributed by atoms with Crippen molar-refractivity contribution in [3.05, 3.63) is 59.4 Å². The van der Waals surface area contributed by atoms with Crippen molar-refractivity contribution in [3.8, 4) is 0 Å². The van der Waals surface area contributed by atoms with Crippen LogP contribution in [0.5, 0.6) is 0 Å². The van der Waals surface area contributed by atoms with E-state index in [1.54, 1.807) is 12.3 Å². The number of rotatable bonds is 5. The Hall–Kier alpha value is -2.34.